The molecule has 3 heterocycles. The first kappa shape index (κ1) is 20.5. The Kier molecular flexibility index (Phi) is 5.61. The molecule has 0 fully saturated rings. The summed E-state index contributed by atoms with van der Waals surface area (Å²) in [6, 6.07) is 5.28. The van der Waals surface area contributed by atoms with Crippen molar-refractivity contribution >= 4 is 28.9 Å². The van der Waals surface area contributed by atoms with Gasteiger partial charge in [-0.25, -0.2) is 9.78 Å². The van der Waals surface area contributed by atoms with Gasteiger partial charge in [-0.3, -0.25) is 4.79 Å². The molecule has 2 N–H and O–H groups in total. The number of carbonyl (C=O) groups is 2. The van der Waals surface area contributed by atoms with E-state index in [2.05, 4.69) is 9.97 Å². The first-order valence-electron chi connectivity index (χ1n) is 9.73. The van der Waals surface area contributed by atoms with Crippen LogP contribution in [0.15, 0.2) is 22.6 Å². The molecule has 1 aliphatic rings. The first-order chi connectivity index (χ1) is 15.0. The van der Waals surface area contributed by atoms with E-state index >= 15 is 0 Å². The van der Waals surface area contributed by atoms with Crippen molar-refractivity contribution in [2.75, 3.05) is 25.6 Å². The summed E-state index contributed by atoms with van der Waals surface area (Å²) in [4.78, 5) is 32.8. The summed E-state index contributed by atoms with van der Waals surface area (Å²) in [5, 5.41) is 0.280. The van der Waals surface area contributed by atoms with Gasteiger partial charge in [0.1, 0.15) is 30.4 Å². The Morgan fingerprint density at radius 1 is 1.13 bits per heavy atom. The number of furan rings is 1. The molecule has 0 unspecified atom stereocenters. The van der Waals surface area contributed by atoms with Crippen LogP contribution in [0.3, 0.4) is 0 Å². The molecule has 10 nitrogen and oxygen atoms in total. The standard InChI is InChI=1S/C21H21N3O7/c1-3-27-21(26)17-11(2)31-20-18(17)19(22)23-15(24-20)10-30-16(25)9-12-4-5-13-14(8-12)29-7-6-28-13/h4-5,8H,3,6-7,9-10H2,1-2H3,(H2,22,23,24). The van der Waals surface area contributed by atoms with E-state index in [4.69, 9.17) is 29.1 Å². The normalized spacial score (nSPS) is 12.6. The molecule has 0 aliphatic carbocycles. The number of nitrogens with zero attached hydrogens (tertiary/aromatic N) is 2. The van der Waals surface area contributed by atoms with E-state index < -0.39 is 11.9 Å². The van der Waals surface area contributed by atoms with Crippen LogP contribution in [0.4, 0.5) is 5.82 Å². The molecule has 10 heteroatoms. The summed E-state index contributed by atoms with van der Waals surface area (Å²) >= 11 is 0. The second kappa shape index (κ2) is 8.50. The van der Waals surface area contributed by atoms with Gasteiger partial charge in [0.2, 0.25) is 5.71 Å². The van der Waals surface area contributed by atoms with Gasteiger partial charge in [-0.1, -0.05) is 6.07 Å². The highest BCUT2D eigenvalue weighted by Gasteiger charge is 2.24. The Bertz CT molecular complexity index is 1160. The van der Waals surface area contributed by atoms with Gasteiger partial charge in [-0.15, -0.1) is 0 Å². The molecular formula is C21H21N3O7. The molecule has 0 saturated carbocycles. The minimum Gasteiger partial charge on any atom is -0.486 e. The highest BCUT2D eigenvalue weighted by molar-refractivity contribution is 6.07. The number of anilines is 1. The Hall–Kier alpha value is -3.82. The summed E-state index contributed by atoms with van der Waals surface area (Å²) in [6.45, 7) is 4.29. The molecule has 31 heavy (non-hydrogen) atoms. The van der Waals surface area contributed by atoms with Crippen LogP contribution in [0, 0.1) is 6.92 Å². The third-order valence-electron chi connectivity index (χ3n) is 4.60. The molecule has 2 aromatic heterocycles. The maximum Gasteiger partial charge on any atom is 0.342 e. The Balaban J connectivity index is 1.45. The smallest absolute Gasteiger partial charge is 0.342 e. The lowest BCUT2D eigenvalue weighted by molar-refractivity contribution is -0.144. The quantitative estimate of drug-likeness (QED) is 0.584. The molecule has 162 valence electrons. The van der Waals surface area contributed by atoms with Gasteiger partial charge in [-0.05, 0) is 31.5 Å². The summed E-state index contributed by atoms with van der Waals surface area (Å²) in [5.41, 5.74) is 7.06. The van der Waals surface area contributed by atoms with E-state index in [0.29, 0.717) is 30.5 Å². The van der Waals surface area contributed by atoms with Crippen LogP contribution in [0.1, 0.15) is 34.4 Å². The van der Waals surface area contributed by atoms with Crippen molar-refractivity contribution < 1.29 is 33.0 Å². The van der Waals surface area contributed by atoms with Crippen LogP contribution in [0.25, 0.3) is 11.1 Å². The Morgan fingerprint density at radius 3 is 2.68 bits per heavy atom. The minimum absolute atomic E-state index is 0.0429. The molecule has 0 atom stereocenters. The zero-order valence-corrected chi connectivity index (χ0v) is 17.1. The number of fused-ring (bicyclic) bond motifs is 2. The van der Waals surface area contributed by atoms with E-state index in [9.17, 15) is 9.59 Å². The maximum atomic E-state index is 12.3. The molecule has 1 aliphatic heterocycles. The fourth-order valence-electron chi connectivity index (χ4n) is 3.26. The zero-order valence-electron chi connectivity index (χ0n) is 17.1. The van der Waals surface area contributed by atoms with E-state index in [-0.39, 0.29) is 47.9 Å². The highest BCUT2D eigenvalue weighted by atomic mass is 16.6. The minimum atomic E-state index is -0.562. The van der Waals surface area contributed by atoms with Crippen LogP contribution in [-0.2, 0) is 27.3 Å². The molecule has 0 amide bonds. The van der Waals surface area contributed by atoms with E-state index in [0.717, 1.165) is 5.56 Å². The molecule has 0 bridgehead atoms. The van der Waals surface area contributed by atoms with Crippen molar-refractivity contribution in [1.82, 2.24) is 9.97 Å². The van der Waals surface area contributed by atoms with E-state index in [1.54, 1.807) is 32.0 Å². The second-order valence-corrected chi connectivity index (χ2v) is 6.77. The summed E-state index contributed by atoms with van der Waals surface area (Å²) in [6.07, 6.45) is 0.0429. The monoisotopic (exact) mass is 427 g/mol. The number of nitrogens with two attached hydrogens (primary N) is 1. The maximum absolute atomic E-state index is 12.3. The van der Waals surface area contributed by atoms with Crippen molar-refractivity contribution in [3.63, 3.8) is 0 Å². The summed E-state index contributed by atoms with van der Waals surface area (Å²) < 4.78 is 26.8. The lowest BCUT2D eigenvalue weighted by atomic mass is 10.1. The number of esters is 2. The molecule has 1 aromatic carbocycles. The lowest BCUT2D eigenvalue weighted by Gasteiger charge is -2.18. The molecule has 0 saturated heterocycles. The van der Waals surface area contributed by atoms with Crippen molar-refractivity contribution in [2.24, 2.45) is 0 Å². The van der Waals surface area contributed by atoms with Gasteiger partial charge in [-0.2, -0.15) is 4.98 Å². The molecule has 0 radical (unpaired) electrons. The molecule has 3 aromatic rings. The van der Waals surface area contributed by atoms with E-state index in [1.165, 1.54) is 0 Å². The van der Waals surface area contributed by atoms with E-state index in [1.807, 2.05) is 0 Å². The van der Waals surface area contributed by atoms with Gasteiger partial charge in [0.15, 0.2) is 23.9 Å². The predicted octanol–water partition coefficient (Wildman–Crippen LogP) is 2.35. The third kappa shape index (κ3) is 4.23. The fraction of sp³-hybridized carbons (Fsp3) is 0.333. The summed E-state index contributed by atoms with van der Waals surface area (Å²) in [7, 11) is 0. The molecular weight excluding hydrogens is 406 g/mol. The largest absolute Gasteiger partial charge is 0.486 e. The summed E-state index contributed by atoms with van der Waals surface area (Å²) in [5.74, 6) is 0.740. The molecule has 0 spiro atoms. The molecule has 4 rings (SSSR count). The van der Waals surface area contributed by atoms with Gasteiger partial charge in [0.25, 0.3) is 0 Å². The lowest BCUT2D eigenvalue weighted by Crippen LogP contribution is -2.16. The predicted molar refractivity (Wildman–Crippen MR) is 108 cm³/mol. The Morgan fingerprint density at radius 2 is 1.90 bits per heavy atom. The third-order valence-corrected chi connectivity index (χ3v) is 4.60. The van der Waals surface area contributed by atoms with Gasteiger partial charge in [0.05, 0.1) is 18.4 Å². The number of rotatable bonds is 6. The number of ether oxygens (including phenoxy) is 4. The average Bonchev–Trinajstić information content (AvgIpc) is 3.09. The SMILES string of the molecule is CCOC(=O)c1c(C)oc2nc(COC(=O)Cc3ccc4c(c3)OCCO4)nc(N)c12. The van der Waals surface area contributed by atoms with Crippen LogP contribution in [0.5, 0.6) is 11.5 Å². The topological polar surface area (TPSA) is 136 Å². The van der Waals surface area contributed by atoms with Crippen molar-refractivity contribution in [3.05, 3.63) is 40.9 Å². The fourth-order valence-corrected chi connectivity index (χ4v) is 3.26. The number of aromatic nitrogens is 2. The second-order valence-electron chi connectivity index (χ2n) is 6.77. The number of hydrogen-bond acceptors (Lipinski definition) is 10. The first-order valence-corrected chi connectivity index (χ1v) is 9.73. The zero-order chi connectivity index (χ0) is 22.0. The van der Waals surface area contributed by atoms with Crippen LogP contribution >= 0.6 is 0 Å². The van der Waals surface area contributed by atoms with Crippen LogP contribution < -0.4 is 15.2 Å². The number of nitrogen functional groups attached to an aromatic ring is 1. The van der Waals surface area contributed by atoms with Crippen molar-refractivity contribution in [3.8, 4) is 11.5 Å². The number of aryl methyl sites for hydroxylation is 1. The van der Waals surface area contributed by atoms with Crippen LogP contribution in [-0.4, -0.2) is 41.7 Å². The number of hydrogen-bond donors (Lipinski definition) is 1. The number of benzene rings is 1. The average molecular weight is 427 g/mol. The van der Waals surface area contributed by atoms with Crippen LogP contribution in [0.2, 0.25) is 0 Å². The van der Waals surface area contributed by atoms with Crippen molar-refractivity contribution in [1.29, 1.82) is 0 Å². The van der Waals surface area contributed by atoms with Gasteiger partial charge in [0, 0.05) is 0 Å². The highest BCUT2D eigenvalue weighted by Crippen LogP contribution is 2.31. The van der Waals surface area contributed by atoms with Crippen molar-refractivity contribution in [2.45, 2.75) is 26.9 Å². The number of carbonyl (C=O) groups excluding carboxylic acids is 2. The Labute approximate surface area is 177 Å². The van der Waals surface area contributed by atoms with Gasteiger partial charge >= 0.3 is 11.9 Å². The van der Waals surface area contributed by atoms with Gasteiger partial charge < -0.3 is 29.1 Å².